The molecule has 1 aliphatic carbocycles. The highest BCUT2D eigenvalue weighted by molar-refractivity contribution is 5.96. The molecule has 2 heterocycles. The van der Waals surface area contributed by atoms with E-state index in [0.29, 0.717) is 11.6 Å². The Hall–Kier alpha value is -2.62. The van der Waals surface area contributed by atoms with Crippen LogP contribution in [0.15, 0.2) is 47.0 Å². The van der Waals surface area contributed by atoms with E-state index in [1.165, 1.54) is 19.3 Å². The van der Waals surface area contributed by atoms with E-state index in [1.807, 2.05) is 43.3 Å². The highest BCUT2D eigenvalue weighted by atomic mass is 16.3. The van der Waals surface area contributed by atoms with Gasteiger partial charge in [0.2, 0.25) is 0 Å². The second-order valence-electron chi connectivity index (χ2n) is 6.81. The summed E-state index contributed by atoms with van der Waals surface area (Å²) in [4.78, 5) is 16.9. The van der Waals surface area contributed by atoms with Crippen molar-refractivity contribution in [2.24, 2.45) is 0 Å². The fourth-order valence-corrected chi connectivity index (χ4v) is 3.62. The molecule has 0 saturated heterocycles. The fourth-order valence-electron chi connectivity index (χ4n) is 3.62. The summed E-state index contributed by atoms with van der Waals surface area (Å²) < 4.78 is 5.67. The number of amides is 1. The first-order chi connectivity index (χ1) is 12.2. The van der Waals surface area contributed by atoms with Gasteiger partial charge in [0.05, 0.1) is 5.69 Å². The minimum absolute atomic E-state index is 0.0174. The van der Waals surface area contributed by atoms with Crippen LogP contribution in [0.1, 0.15) is 48.2 Å². The second-order valence-corrected chi connectivity index (χ2v) is 6.81. The molecule has 1 aliphatic rings. The summed E-state index contributed by atoms with van der Waals surface area (Å²) in [6, 6.07) is 11.9. The number of aryl methyl sites for hydroxylation is 1. The summed E-state index contributed by atoms with van der Waals surface area (Å²) in [5, 5.41) is 4.16. The van der Waals surface area contributed by atoms with Crippen molar-refractivity contribution < 1.29 is 9.21 Å². The maximum Gasteiger partial charge on any atom is 0.251 e. The molecule has 0 unspecified atom stereocenters. The topological polar surface area (TPSA) is 55.1 Å². The quantitative estimate of drug-likeness (QED) is 0.744. The second kappa shape index (κ2) is 6.71. The lowest BCUT2D eigenvalue weighted by atomic mass is 9.95. The van der Waals surface area contributed by atoms with E-state index >= 15 is 0 Å². The number of hydrogen-bond acceptors (Lipinski definition) is 3. The Morgan fingerprint density at radius 1 is 1.12 bits per heavy atom. The first kappa shape index (κ1) is 15.9. The summed E-state index contributed by atoms with van der Waals surface area (Å²) in [5.41, 5.74) is 3.40. The molecule has 1 aromatic carbocycles. The van der Waals surface area contributed by atoms with Crippen molar-refractivity contribution in [2.45, 2.75) is 45.1 Å². The van der Waals surface area contributed by atoms with E-state index in [0.717, 1.165) is 40.8 Å². The first-order valence-corrected chi connectivity index (χ1v) is 8.97. The normalized spacial score (nSPS) is 15.4. The third kappa shape index (κ3) is 3.29. The van der Waals surface area contributed by atoms with Crippen LogP contribution < -0.4 is 5.32 Å². The van der Waals surface area contributed by atoms with E-state index in [-0.39, 0.29) is 5.91 Å². The van der Waals surface area contributed by atoms with Gasteiger partial charge in [-0.15, -0.1) is 0 Å². The number of hydrogen-bond donors (Lipinski definition) is 1. The van der Waals surface area contributed by atoms with Gasteiger partial charge in [-0.05, 0) is 44.0 Å². The molecule has 1 saturated carbocycles. The Balaban J connectivity index is 1.56. The van der Waals surface area contributed by atoms with Crippen molar-refractivity contribution in [1.29, 1.82) is 0 Å². The van der Waals surface area contributed by atoms with Gasteiger partial charge < -0.3 is 9.73 Å². The van der Waals surface area contributed by atoms with Gasteiger partial charge in [0, 0.05) is 28.8 Å². The van der Waals surface area contributed by atoms with Crippen LogP contribution in [0.25, 0.3) is 22.2 Å². The number of carbonyl (C=O) groups is 1. The van der Waals surface area contributed by atoms with E-state index < -0.39 is 0 Å². The molecule has 128 valence electrons. The van der Waals surface area contributed by atoms with Crippen LogP contribution in [0.5, 0.6) is 0 Å². The van der Waals surface area contributed by atoms with Crippen molar-refractivity contribution in [3.63, 3.8) is 0 Å². The lowest BCUT2D eigenvalue weighted by Gasteiger charge is -2.22. The molecular formula is C21H22N2O2. The Labute approximate surface area is 147 Å². The molecule has 4 rings (SSSR count). The molecule has 3 aromatic rings. The molecule has 4 nitrogen and oxygen atoms in total. The molecule has 4 heteroatoms. The maximum atomic E-state index is 12.4. The summed E-state index contributed by atoms with van der Waals surface area (Å²) in [6.07, 6.45) is 7.65. The van der Waals surface area contributed by atoms with Gasteiger partial charge in [-0.3, -0.25) is 9.78 Å². The molecule has 0 atom stereocenters. The summed E-state index contributed by atoms with van der Waals surface area (Å²) in [7, 11) is 0. The lowest BCUT2D eigenvalue weighted by Crippen LogP contribution is -2.36. The van der Waals surface area contributed by atoms with Crippen molar-refractivity contribution in [3.05, 3.63) is 53.9 Å². The monoisotopic (exact) mass is 334 g/mol. The van der Waals surface area contributed by atoms with Crippen molar-refractivity contribution in [3.8, 4) is 11.3 Å². The van der Waals surface area contributed by atoms with Gasteiger partial charge in [0.25, 0.3) is 5.91 Å². The van der Waals surface area contributed by atoms with Crippen LogP contribution in [0.2, 0.25) is 0 Å². The van der Waals surface area contributed by atoms with Crippen LogP contribution in [0.3, 0.4) is 0 Å². The van der Waals surface area contributed by atoms with Gasteiger partial charge in [-0.2, -0.15) is 0 Å². The van der Waals surface area contributed by atoms with Crippen LogP contribution in [0.4, 0.5) is 0 Å². The average molecular weight is 334 g/mol. The van der Waals surface area contributed by atoms with Gasteiger partial charge >= 0.3 is 0 Å². The SMILES string of the molecule is Cc1cc2c(-c3ccc(C(=O)NC4CCCCC4)cc3)nccc2o1. The highest BCUT2D eigenvalue weighted by Gasteiger charge is 2.17. The van der Waals surface area contributed by atoms with Gasteiger partial charge in [-0.25, -0.2) is 0 Å². The van der Waals surface area contributed by atoms with E-state index in [2.05, 4.69) is 10.3 Å². The zero-order valence-electron chi connectivity index (χ0n) is 14.4. The largest absolute Gasteiger partial charge is 0.461 e. The number of fused-ring (bicyclic) bond motifs is 1. The fraction of sp³-hybridized carbons (Fsp3) is 0.333. The predicted molar refractivity (Wildman–Crippen MR) is 98.5 cm³/mol. The molecule has 0 radical (unpaired) electrons. The smallest absolute Gasteiger partial charge is 0.251 e. The molecule has 1 amide bonds. The van der Waals surface area contributed by atoms with Crippen LogP contribution >= 0.6 is 0 Å². The molecule has 1 N–H and O–H groups in total. The van der Waals surface area contributed by atoms with E-state index in [9.17, 15) is 4.79 Å². The number of nitrogens with one attached hydrogen (secondary N) is 1. The number of aromatic nitrogens is 1. The number of carbonyl (C=O) groups excluding carboxylic acids is 1. The first-order valence-electron chi connectivity index (χ1n) is 8.97. The Kier molecular flexibility index (Phi) is 4.26. The molecule has 0 spiro atoms. The van der Waals surface area contributed by atoms with Crippen molar-refractivity contribution in [2.75, 3.05) is 0 Å². The highest BCUT2D eigenvalue weighted by Crippen LogP contribution is 2.29. The summed E-state index contributed by atoms with van der Waals surface area (Å²) in [6.45, 7) is 1.93. The standard InChI is InChI=1S/C21H22N2O2/c1-14-13-18-19(25-14)11-12-22-20(18)15-7-9-16(10-8-15)21(24)23-17-5-3-2-4-6-17/h7-13,17H,2-6H2,1H3,(H,23,24). The van der Waals surface area contributed by atoms with Crippen LogP contribution in [-0.2, 0) is 0 Å². The number of rotatable bonds is 3. The van der Waals surface area contributed by atoms with Crippen molar-refractivity contribution >= 4 is 16.9 Å². The molecule has 25 heavy (non-hydrogen) atoms. The maximum absolute atomic E-state index is 12.4. The van der Waals surface area contributed by atoms with Gasteiger partial charge in [-0.1, -0.05) is 31.4 Å². The van der Waals surface area contributed by atoms with Gasteiger partial charge in [0.15, 0.2) is 0 Å². The van der Waals surface area contributed by atoms with Gasteiger partial charge in [0.1, 0.15) is 11.3 Å². The van der Waals surface area contributed by atoms with Crippen LogP contribution in [-0.4, -0.2) is 16.9 Å². The average Bonchev–Trinajstić information content (AvgIpc) is 3.03. The van der Waals surface area contributed by atoms with Crippen molar-refractivity contribution in [1.82, 2.24) is 10.3 Å². The number of furan rings is 1. The molecule has 1 fully saturated rings. The van der Waals surface area contributed by atoms with Crippen LogP contribution in [0, 0.1) is 6.92 Å². The Morgan fingerprint density at radius 3 is 2.64 bits per heavy atom. The predicted octanol–water partition coefficient (Wildman–Crippen LogP) is 4.87. The molecular weight excluding hydrogens is 312 g/mol. The lowest BCUT2D eigenvalue weighted by molar-refractivity contribution is 0.0927. The third-order valence-electron chi connectivity index (χ3n) is 4.93. The molecule has 2 aromatic heterocycles. The summed E-state index contributed by atoms with van der Waals surface area (Å²) in [5.74, 6) is 0.886. The third-order valence-corrected chi connectivity index (χ3v) is 4.93. The number of benzene rings is 1. The number of pyridine rings is 1. The Morgan fingerprint density at radius 2 is 1.88 bits per heavy atom. The zero-order chi connectivity index (χ0) is 17.2. The van der Waals surface area contributed by atoms with E-state index in [1.54, 1.807) is 6.20 Å². The minimum atomic E-state index is 0.0174. The molecule has 0 bridgehead atoms. The zero-order valence-corrected chi connectivity index (χ0v) is 14.4. The minimum Gasteiger partial charge on any atom is -0.461 e. The number of nitrogens with zero attached hydrogens (tertiary/aromatic N) is 1. The molecule has 0 aliphatic heterocycles. The summed E-state index contributed by atoms with van der Waals surface area (Å²) >= 11 is 0. The Bertz CT molecular complexity index is 890. The van der Waals surface area contributed by atoms with E-state index in [4.69, 9.17) is 4.42 Å².